The van der Waals surface area contributed by atoms with Crippen molar-refractivity contribution in [3.8, 4) is 11.5 Å². The highest BCUT2D eigenvalue weighted by molar-refractivity contribution is 9.10. The monoisotopic (exact) mass is 564 g/mol. The molecule has 0 aromatic heterocycles. The standard InChI is InChI=1S/C29H29BrN2O3S/c1-5-32-28(33)26(36-29(32)31-27-19(3)8-7-9-20(27)4)17-22-12-15-24(25(16-22)34-6-2)35-18-21-10-13-23(30)14-11-21/h7-17H,5-6,18H2,1-4H3/b26-17+,31-29?. The highest BCUT2D eigenvalue weighted by atomic mass is 79.9. The van der Waals surface area contributed by atoms with E-state index < -0.39 is 0 Å². The van der Waals surface area contributed by atoms with Gasteiger partial charge in [-0.05, 0) is 92.1 Å². The first-order valence-electron chi connectivity index (χ1n) is 11.9. The van der Waals surface area contributed by atoms with Crippen LogP contribution in [0.15, 0.2) is 75.0 Å². The fourth-order valence-corrected chi connectivity index (χ4v) is 5.16. The minimum atomic E-state index is -0.0407. The molecule has 0 radical (unpaired) electrons. The van der Waals surface area contributed by atoms with Gasteiger partial charge >= 0.3 is 0 Å². The minimum absolute atomic E-state index is 0.0407. The number of likely N-dealkylation sites (N-methyl/N-ethyl adjacent to an activating group) is 1. The van der Waals surface area contributed by atoms with Crippen LogP contribution in [0.25, 0.3) is 6.08 Å². The molecule has 3 aromatic rings. The summed E-state index contributed by atoms with van der Waals surface area (Å²) in [4.78, 5) is 20.4. The number of para-hydroxylation sites is 1. The molecule has 0 bridgehead atoms. The lowest BCUT2D eigenvalue weighted by Crippen LogP contribution is -2.28. The number of halogens is 1. The van der Waals surface area contributed by atoms with Gasteiger partial charge in [0.1, 0.15) is 6.61 Å². The lowest BCUT2D eigenvalue weighted by molar-refractivity contribution is -0.122. The summed E-state index contributed by atoms with van der Waals surface area (Å²) in [7, 11) is 0. The maximum Gasteiger partial charge on any atom is 0.266 e. The van der Waals surface area contributed by atoms with Gasteiger partial charge in [0.2, 0.25) is 0 Å². The fraction of sp³-hybridized carbons (Fsp3) is 0.241. The number of aliphatic imine (C=N–C) groups is 1. The van der Waals surface area contributed by atoms with Crippen molar-refractivity contribution in [2.75, 3.05) is 13.2 Å². The molecule has 186 valence electrons. The predicted molar refractivity (Wildman–Crippen MR) is 152 cm³/mol. The molecule has 4 rings (SSSR count). The van der Waals surface area contributed by atoms with Crippen LogP contribution in [0.1, 0.15) is 36.1 Å². The Morgan fingerprint density at radius 2 is 1.69 bits per heavy atom. The molecule has 0 aliphatic carbocycles. The molecular weight excluding hydrogens is 536 g/mol. The van der Waals surface area contributed by atoms with Gasteiger partial charge in [-0.3, -0.25) is 9.69 Å². The molecule has 0 N–H and O–H groups in total. The Bertz CT molecular complexity index is 1300. The first kappa shape index (κ1) is 26.0. The van der Waals surface area contributed by atoms with Gasteiger partial charge in [0.15, 0.2) is 16.7 Å². The van der Waals surface area contributed by atoms with Crippen LogP contribution in [-0.4, -0.2) is 29.1 Å². The number of rotatable bonds is 8. The smallest absolute Gasteiger partial charge is 0.266 e. The van der Waals surface area contributed by atoms with Gasteiger partial charge in [0.05, 0.1) is 17.2 Å². The Balaban J connectivity index is 1.58. The molecule has 0 atom stereocenters. The van der Waals surface area contributed by atoms with Gasteiger partial charge in [-0.1, -0.05) is 52.3 Å². The summed E-state index contributed by atoms with van der Waals surface area (Å²) in [5, 5.41) is 0.700. The average Bonchev–Trinajstić information content (AvgIpc) is 3.16. The van der Waals surface area contributed by atoms with Crippen LogP contribution in [0.3, 0.4) is 0 Å². The number of nitrogens with zero attached hydrogens (tertiary/aromatic N) is 2. The molecule has 0 spiro atoms. The molecule has 36 heavy (non-hydrogen) atoms. The van der Waals surface area contributed by atoms with Crippen molar-refractivity contribution in [2.24, 2.45) is 4.99 Å². The van der Waals surface area contributed by atoms with E-state index in [4.69, 9.17) is 14.5 Å². The molecule has 0 saturated carbocycles. The summed E-state index contributed by atoms with van der Waals surface area (Å²) in [5.41, 5.74) is 5.02. The number of hydrogen-bond acceptors (Lipinski definition) is 5. The third-order valence-corrected chi connectivity index (χ3v) is 7.26. The number of amidine groups is 1. The normalized spacial score (nSPS) is 15.7. The van der Waals surface area contributed by atoms with Gasteiger partial charge < -0.3 is 9.47 Å². The second-order valence-electron chi connectivity index (χ2n) is 8.35. The van der Waals surface area contributed by atoms with E-state index in [-0.39, 0.29) is 5.91 Å². The molecule has 5 nitrogen and oxygen atoms in total. The molecule has 1 fully saturated rings. The minimum Gasteiger partial charge on any atom is -0.490 e. The number of hydrogen-bond donors (Lipinski definition) is 0. The molecule has 7 heteroatoms. The summed E-state index contributed by atoms with van der Waals surface area (Å²) < 4.78 is 12.9. The first-order valence-corrected chi connectivity index (χ1v) is 13.5. The first-order chi connectivity index (χ1) is 17.4. The molecule has 0 unspecified atom stereocenters. The zero-order valence-corrected chi connectivity index (χ0v) is 23.3. The van der Waals surface area contributed by atoms with Crippen LogP contribution in [0.2, 0.25) is 0 Å². The van der Waals surface area contributed by atoms with Gasteiger partial charge in [-0.25, -0.2) is 4.99 Å². The van der Waals surface area contributed by atoms with E-state index in [0.717, 1.165) is 32.4 Å². The number of ether oxygens (including phenoxy) is 2. The summed E-state index contributed by atoms with van der Waals surface area (Å²) in [5.74, 6) is 1.27. The number of aryl methyl sites for hydroxylation is 2. The van der Waals surface area contributed by atoms with Crippen molar-refractivity contribution >= 4 is 50.5 Å². The Kier molecular flexibility index (Phi) is 8.54. The van der Waals surface area contributed by atoms with Crippen molar-refractivity contribution in [1.29, 1.82) is 0 Å². The van der Waals surface area contributed by atoms with E-state index in [0.29, 0.717) is 41.3 Å². The number of thioether (sulfide) groups is 1. The molecule has 1 aliphatic rings. The zero-order valence-electron chi connectivity index (χ0n) is 20.9. The summed E-state index contributed by atoms with van der Waals surface area (Å²) >= 11 is 4.86. The van der Waals surface area contributed by atoms with Crippen LogP contribution in [0.4, 0.5) is 5.69 Å². The second kappa shape index (κ2) is 11.8. The van der Waals surface area contributed by atoms with Crippen molar-refractivity contribution in [3.05, 3.63) is 92.3 Å². The lowest BCUT2D eigenvalue weighted by Gasteiger charge is -2.13. The quantitative estimate of drug-likeness (QED) is 0.263. The highest BCUT2D eigenvalue weighted by Crippen LogP contribution is 2.37. The molecule has 1 amide bonds. The number of carbonyl (C=O) groups excluding carboxylic acids is 1. The van der Waals surface area contributed by atoms with Crippen molar-refractivity contribution in [3.63, 3.8) is 0 Å². The number of carbonyl (C=O) groups is 1. The summed E-state index contributed by atoms with van der Waals surface area (Å²) in [6.07, 6.45) is 1.89. The van der Waals surface area contributed by atoms with Gasteiger partial charge in [-0.15, -0.1) is 0 Å². The van der Waals surface area contributed by atoms with Gasteiger partial charge in [0, 0.05) is 11.0 Å². The maximum absolute atomic E-state index is 13.2. The Morgan fingerprint density at radius 3 is 2.36 bits per heavy atom. The Hall–Kier alpha value is -3.03. The topological polar surface area (TPSA) is 51.1 Å². The largest absolute Gasteiger partial charge is 0.490 e. The van der Waals surface area contributed by atoms with Crippen LogP contribution in [0.5, 0.6) is 11.5 Å². The van der Waals surface area contributed by atoms with Crippen LogP contribution in [0, 0.1) is 13.8 Å². The Labute approximate surface area is 225 Å². The van der Waals surface area contributed by atoms with E-state index >= 15 is 0 Å². The van der Waals surface area contributed by atoms with Crippen LogP contribution >= 0.6 is 27.7 Å². The van der Waals surface area contributed by atoms with E-state index in [1.54, 1.807) is 4.90 Å². The maximum atomic E-state index is 13.2. The molecular formula is C29H29BrN2O3S. The second-order valence-corrected chi connectivity index (χ2v) is 10.3. The van der Waals surface area contributed by atoms with E-state index in [1.807, 2.05) is 94.4 Å². The van der Waals surface area contributed by atoms with Crippen LogP contribution < -0.4 is 9.47 Å². The van der Waals surface area contributed by atoms with Gasteiger partial charge in [0.25, 0.3) is 5.91 Å². The number of benzene rings is 3. The van der Waals surface area contributed by atoms with Crippen molar-refractivity contribution in [1.82, 2.24) is 4.90 Å². The fourth-order valence-electron chi connectivity index (χ4n) is 3.84. The predicted octanol–water partition coefficient (Wildman–Crippen LogP) is 7.67. The van der Waals surface area contributed by atoms with Crippen molar-refractivity contribution < 1.29 is 14.3 Å². The van der Waals surface area contributed by atoms with E-state index in [2.05, 4.69) is 15.9 Å². The SMILES string of the molecule is CCOc1cc(/C=C2/SC(=Nc3c(C)cccc3C)N(CC)C2=O)ccc1OCc1ccc(Br)cc1. The molecule has 1 aliphatic heterocycles. The average molecular weight is 566 g/mol. The summed E-state index contributed by atoms with van der Waals surface area (Å²) in [6.45, 7) is 9.49. The van der Waals surface area contributed by atoms with Crippen LogP contribution in [-0.2, 0) is 11.4 Å². The summed E-state index contributed by atoms with van der Waals surface area (Å²) in [6, 6.07) is 19.9. The third-order valence-electron chi connectivity index (χ3n) is 5.72. The van der Waals surface area contributed by atoms with Crippen molar-refractivity contribution in [2.45, 2.75) is 34.3 Å². The lowest BCUT2D eigenvalue weighted by atomic mass is 10.1. The Morgan fingerprint density at radius 1 is 0.972 bits per heavy atom. The molecule has 1 saturated heterocycles. The number of amides is 1. The molecule has 3 aromatic carbocycles. The zero-order chi connectivity index (χ0) is 25.7. The third kappa shape index (κ3) is 6.02. The highest BCUT2D eigenvalue weighted by Gasteiger charge is 2.32. The van der Waals surface area contributed by atoms with Gasteiger partial charge in [-0.2, -0.15) is 0 Å². The van der Waals surface area contributed by atoms with E-state index in [1.165, 1.54) is 11.8 Å². The van der Waals surface area contributed by atoms with E-state index in [9.17, 15) is 4.79 Å². The molecule has 1 heterocycles.